The maximum absolute atomic E-state index is 5.01. The van der Waals surface area contributed by atoms with Crippen LogP contribution in [0.1, 0.15) is 23.5 Å². The van der Waals surface area contributed by atoms with Crippen molar-refractivity contribution >= 4 is 33.2 Å². The van der Waals surface area contributed by atoms with Gasteiger partial charge in [0.1, 0.15) is 5.82 Å². The molecular formula is C32H18N8Na2. The van der Waals surface area contributed by atoms with E-state index in [1.807, 2.05) is 85.0 Å². The molecule has 2 aromatic carbocycles. The van der Waals surface area contributed by atoms with E-state index in [1.165, 1.54) is 0 Å². The molecule has 188 valence electrons. The van der Waals surface area contributed by atoms with Crippen molar-refractivity contribution < 1.29 is 59.1 Å². The molecule has 3 aliphatic heterocycles. The first kappa shape index (κ1) is 27.3. The van der Waals surface area contributed by atoms with Crippen molar-refractivity contribution in [1.82, 2.24) is 39.9 Å². The zero-order valence-corrected chi connectivity index (χ0v) is 27.0. The van der Waals surface area contributed by atoms with Gasteiger partial charge in [0.05, 0.1) is 17.2 Å². The Morgan fingerprint density at radius 2 is 1.19 bits per heavy atom. The van der Waals surface area contributed by atoms with Gasteiger partial charge in [-0.2, -0.15) is 0 Å². The van der Waals surface area contributed by atoms with Crippen LogP contribution in [0.25, 0.3) is 56.0 Å². The van der Waals surface area contributed by atoms with Crippen LogP contribution in [-0.4, -0.2) is 29.9 Å². The largest absolute Gasteiger partial charge is 1.00 e. The molecular weight excluding hydrogens is 542 g/mol. The van der Waals surface area contributed by atoms with E-state index in [9.17, 15) is 0 Å². The summed E-state index contributed by atoms with van der Waals surface area (Å²) in [5.74, 6) is 2.21. The second-order valence-corrected chi connectivity index (χ2v) is 10.00. The molecule has 2 aliphatic carbocycles. The van der Waals surface area contributed by atoms with Crippen molar-refractivity contribution in [2.45, 2.75) is 11.8 Å². The van der Waals surface area contributed by atoms with Gasteiger partial charge in [-0.25, -0.2) is 15.0 Å². The SMILES string of the molecule is C1=CC2=c3nc(nc4nc(nc5[n-]c(nc6[n-]c(n3)C3C=CC=CC=63)c3ccccc53)-c3ccccc3-4)C2C=C1.[Na+].[Na+]. The van der Waals surface area contributed by atoms with Crippen LogP contribution < -0.4 is 80.0 Å². The smallest absolute Gasteiger partial charge is 0.361 e. The number of aromatic nitrogens is 8. The van der Waals surface area contributed by atoms with E-state index in [1.54, 1.807) is 0 Å². The molecule has 0 spiro atoms. The minimum Gasteiger partial charge on any atom is -0.361 e. The molecule has 8 nitrogen and oxygen atoms in total. The number of hydrogen-bond donors (Lipinski definition) is 0. The average molecular weight is 561 g/mol. The Hall–Kier alpha value is -3.50. The summed E-state index contributed by atoms with van der Waals surface area (Å²) in [6.45, 7) is 0. The van der Waals surface area contributed by atoms with Crippen molar-refractivity contribution in [3.05, 3.63) is 120 Å². The minimum atomic E-state index is -0.113. The van der Waals surface area contributed by atoms with Crippen LogP contribution >= 0.6 is 0 Å². The van der Waals surface area contributed by atoms with Crippen molar-refractivity contribution in [1.29, 1.82) is 0 Å². The van der Waals surface area contributed by atoms with Gasteiger partial charge in [-0.05, 0) is 21.9 Å². The zero-order valence-electron chi connectivity index (χ0n) is 23.0. The van der Waals surface area contributed by atoms with Gasteiger partial charge in [0.25, 0.3) is 0 Å². The molecule has 0 fully saturated rings. The van der Waals surface area contributed by atoms with Crippen LogP contribution in [0.4, 0.5) is 0 Å². The Morgan fingerprint density at radius 1 is 0.548 bits per heavy atom. The third kappa shape index (κ3) is 4.21. The molecule has 4 aromatic rings. The quantitative estimate of drug-likeness (QED) is 0.192. The summed E-state index contributed by atoms with van der Waals surface area (Å²) in [7, 11) is 0. The van der Waals surface area contributed by atoms with E-state index in [2.05, 4.69) is 12.2 Å². The Bertz CT molecular complexity index is 2260. The van der Waals surface area contributed by atoms with Crippen LogP contribution in [0, 0.1) is 0 Å². The number of benzene rings is 2. The van der Waals surface area contributed by atoms with Crippen molar-refractivity contribution in [2.75, 3.05) is 0 Å². The summed E-state index contributed by atoms with van der Waals surface area (Å²) in [6.07, 6.45) is 16.3. The fourth-order valence-corrected chi connectivity index (χ4v) is 5.76. The first-order valence-corrected chi connectivity index (χ1v) is 13.1. The molecule has 2 unspecified atom stereocenters. The molecule has 0 radical (unpaired) electrons. The molecule has 0 N–H and O–H groups in total. The van der Waals surface area contributed by atoms with Crippen molar-refractivity contribution in [3.8, 4) is 22.8 Å². The number of nitrogens with zero attached hydrogens (tertiary/aromatic N) is 8. The van der Waals surface area contributed by atoms with Crippen molar-refractivity contribution in [2.24, 2.45) is 0 Å². The third-order valence-corrected chi connectivity index (χ3v) is 7.67. The van der Waals surface area contributed by atoms with Gasteiger partial charge in [0.15, 0.2) is 5.82 Å². The van der Waals surface area contributed by atoms with Crippen LogP contribution in [0.2, 0.25) is 0 Å². The van der Waals surface area contributed by atoms with Crippen molar-refractivity contribution in [3.63, 3.8) is 0 Å². The maximum atomic E-state index is 5.01. The number of rotatable bonds is 0. The fraction of sp³-hybridized carbons (Fsp3) is 0.0625. The number of allylic oxidation sites excluding steroid dienone is 8. The topological polar surface area (TPSA) is 106 Å². The van der Waals surface area contributed by atoms with Gasteiger partial charge >= 0.3 is 59.1 Å². The summed E-state index contributed by atoms with van der Waals surface area (Å²) in [5.41, 5.74) is 6.13. The molecule has 2 atom stereocenters. The van der Waals surface area contributed by atoms with E-state index in [0.717, 1.165) is 33.0 Å². The minimum absolute atomic E-state index is 0. The molecule has 9 rings (SSSR count). The summed E-state index contributed by atoms with van der Waals surface area (Å²) >= 11 is 0. The van der Waals surface area contributed by atoms with Gasteiger partial charge in [-0.15, -0.1) is 0 Å². The average Bonchev–Trinajstić information content (AvgIpc) is 3.73. The molecule has 8 bridgehead atoms. The monoisotopic (exact) mass is 560 g/mol. The zero-order chi connectivity index (χ0) is 26.2. The van der Waals surface area contributed by atoms with E-state index in [0.29, 0.717) is 45.6 Å². The van der Waals surface area contributed by atoms with Gasteiger partial charge in [-0.1, -0.05) is 97.1 Å². The predicted molar refractivity (Wildman–Crippen MR) is 151 cm³/mol. The first-order valence-electron chi connectivity index (χ1n) is 13.1. The molecule has 5 heterocycles. The normalized spacial score (nSPS) is 18.1. The summed E-state index contributed by atoms with van der Waals surface area (Å²) in [6, 6.07) is 16.0. The molecule has 10 heteroatoms. The Labute approximate surface area is 284 Å². The van der Waals surface area contributed by atoms with E-state index in [-0.39, 0.29) is 71.0 Å². The molecule has 2 aromatic heterocycles. The second kappa shape index (κ2) is 10.6. The first-order chi connectivity index (χ1) is 19.8. The summed E-state index contributed by atoms with van der Waals surface area (Å²) in [4.78, 5) is 39.5. The van der Waals surface area contributed by atoms with E-state index >= 15 is 0 Å². The van der Waals surface area contributed by atoms with Gasteiger partial charge in [0.2, 0.25) is 0 Å². The molecule has 42 heavy (non-hydrogen) atoms. The van der Waals surface area contributed by atoms with E-state index < -0.39 is 0 Å². The van der Waals surface area contributed by atoms with Crippen LogP contribution in [0.15, 0.2) is 97.1 Å². The predicted octanol–water partition coefficient (Wildman–Crippen LogP) is -2.51. The van der Waals surface area contributed by atoms with E-state index in [4.69, 9.17) is 39.9 Å². The Kier molecular flexibility index (Phi) is 6.93. The fourth-order valence-electron chi connectivity index (χ4n) is 5.76. The maximum Gasteiger partial charge on any atom is 1.00 e. The van der Waals surface area contributed by atoms with Gasteiger partial charge < -0.3 is 24.9 Å². The van der Waals surface area contributed by atoms with Gasteiger partial charge in [0, 0.05) is 39.6 Å². The molecule has 0 saturated heterocycles. The third-order valence-electron chi connectivity index (χ3n) is 7.67. The molecule has 0 amide bonds. The van der Waals surface area contributed by atoms with Gasteiger partial charge in [-0.3, -0.25) is 0 Å². The molecule has 5 aliphatic rings. The second-order valence-electron chi connectivity index (χ2n) is 10.00. The van der Waals surface area contributed by atoms with Crippen LogP contribution in [0.3, 0.4) is 0 Å². The number of hydrogen-bond acceptors (Lipinski definition) is 6. The Balaban J connectivity index is 0.00000144. The molecule has 0 saturated carbocycles. The standard InChI is InChI=1S/C32H18N8.2Na/c1-2-10-18-17(9-1)25-33-26(18)38-28-21-13-5-6-14-22(21)30(35-28)40-32-24-16-8-7-15-23(24)31(36-32)39-29-20-12-4-3-11-19(20)27(34-29)37-25;;/h1-17,20H;;/q-2;2*+1. The van der Waals surface area contributed by atoms with Crippen LogP contribution in [-0.2, 0) is 0 Å². The van der Waals surface area contributed by atoms with Crippen LogP contribution in [0.5, 0.6) is 0 Å². The number of fused-ring (bicyclic) bond motifs is 18. The Morgan fingerprint density at radius 3 is 1.95 bits per heavy atom. The summed E-state index contributed by atoms with van der Waals surface area (Å²) in [5, 5.41) is 1.81. The summed E-state index contributed by atoms with van der Waals surface area (Å²) < 4.78 is 0.